The maximum absolute atomic E-state index is 13.0. The van der Waals surface area contributed by atoms with Gasteiger partial charge in [-0.2, -0.15) is 4.31 Å². The summed E-state index contributed by atoms with van der Waals surface area (Å²) in [7, 11) is -3.57. The molecule has 1 aromatic heterocycles. The first-order chi connectivity index (χ1) is 14.7. The Morgan fingerprint density at radius 1 is 1.06 bits per heavy atom. The van der Waals surface area contributed by atoms with Crippen molar-refractivity contribution in [3.63, 3.8) is 0 Å². The summed E-state index contributed by atoms with van der Waals surface area (Å²) in [6.07, 6.45) is 0. The summed E-state index contributed by atoms with van der Waals surface area (Å²) < 4.78 is 26.9. The van der Waals surface area contributed by atoms with Gasteiger partial charge in [-0.1, -0.05) is 36.4 Å². The molecule has 2 aliphatic rings. The zero-order valence-electron chi connectivity index (χ0n) is 16.9. The Morgan fingerprint density at radius 3 is 2.35 bits per heavy atom. The lowest BCUT2D eigenvalue weighted by atomic mass is 9.92. The van der Waals surface area contributed by atoms with Gasteiger partial charge in [-0.3, -0.25) is 14.5 Å². The first-order valence-electron chi connectivity index (χ1n) is 9.74. The summed E-state index contributed by atoms with van der Waals surface area (Å²) in [5.41, 5.74) is -0.595. The van der Waals surface area contributed by atoms with E-state index < -0.39 is 33.4 Å². The normalized spacial score (nSPS) is 22.6. The number of sulfonamides is 1. The predicted octanol–water partition coefficient (Wildman–Crippen LogP) is 1.05. The average Bonchev–Trinajstić information content (AvgIpc) is 3.39. The minimum atomic E-state index is -3.57. The Balaban J connectivity index is 1.39. The van der Waals surface area contributed by atoms with E-state index in [1.165, 1.54) is 9.21 Å². The number of nitrogens with one attached hydrogen (secondary N) is 1. The van der Waals surface area contributed by atoms with Crippen LogP contribution in [-0.2, 0) is 25.2 Å². The minimum Gasteiger partial charge on any atom is -0.338 e. The van der Waals surface area contributed by atoms with Gasteiger partial charge in [0.05, 0.1) is 0 Å². The summed E-state index contributed by atoms with van der Waals surface area (Å²) in [5, 5.41) is 4.38. The van der Waals surface area contributed by atoms with Gasteiger partial charge in [-0.05, 0) is 23.9 Å². The van der Waals surface area contributed by atoms with Crippen molar-refractivity contribution in [3.8, 4) is 0 Å². The second-order valence-electron chi connectivity index (χ2n) is 7.53. The van der Waals surface area contributed by atoms with Crippen molar-refractivity contribution < 1.29 is 22.8 Å². The predicted molar refractivity (Wildman–Crippen MR) is 114 cm³/mol. The summed E-state index contributed by atoms with van der Waals surface area (Å²) in [6, 6.07) is 11.5. The van der Waals surface area contributed by atoms with E-state index in [2.05, 4.69) is 5.32 Å². The number of piperazine rings is 1. The number of amides is 4. The number of hydrogen-bond acceptors (Lipinski definition) is 6. The fourth-order valence-corrected chi connectivity index (χ4v) is 6.33. The number of imide groups is 1. The molecule has 2 aliphatic heterocycles. The van der Waals surface area contributed by atoms with Crippen LogP contribution in [0.3, 0.4) is 0 Å². The number of rotatable bonds is 5. The molecule has 0 spiro atoms. The molecule has 164 valence electrons. The molecule has 0 saturated carbocycles. The van der Waals surface area contributed by atoms with Crippen molar-refractivity contribution in [2.24, 2.45) is 0 Å². The molecular formula is C20H22N4O5S2. The van der Waals surface area contributed by atoms with E-state index in [4.69, 9.17) is 0 Å². The highest BCUT2D eigenvalue weighted by atomic mass is 32.2. The highest BCUT2D eigenvalue weighted by Crippen LogP contribution is 2.28. The fraction of sp³-hybridized carbons (Fsp3) is 0.350. The molecule has 2 saturated heterocycles. The van der Waals surface area contributed by atoms with Gasteiger partial charge < -0.3 is 10.2 Å². The van der Waals surface area contributed by atoms with Crippen LogP contribution in [-0.4, -0.2) is 73.1 Å². The SMILES string of the molecule is C[C@]1(c2ccccc2)NC(=O)N(CC(=O)N2CCN(S(=O)(=O)c3cccs3)CC2)C1=O. The molecule has 3 heterocycles. The van der Waals surface area contributed by atoms with Crippen LogP contribution in [0.1, 0.15) is 12.5 Å². The molecule has 31 heavy (non-hydrogen) atoms. The summed E-state index contributed by atoms with van der Waals surface area (Å²) in [4.78, 5) is 40.6. The van der Waals surface area contributed by atoms with Gasteiger partial charge in [0.2, 0.25) is 5.91 Å². The van der Waals surface area contributed by atoms with Crippen molar-refractivity contribution in [1.82, 2.24) is 19.4 Å². The molecule has 0 unspecified atom stereocenters. The average molecular weight is 463 g/mol. The Morgan fingerprint density at radius 2 is 1.74 bits per heavy atom. The Hall–Kier alpha value is -2.76. The molecule has 0 aliphatic carbocycles. The molecule has 0 radical (unpaired) electrons. The smallest absolute Gasteiger partial charge is 0.325 e. The summed E-state index contributed by atoms with van der Waals surface area (Å²) in [6.45, 7) is 1.94. The molecule has 4 amide bonds. The molecule has 4 rings (SSSR count). The highest BCUT2D eigenvalue weighted by Gasteiger charge is 2.49. The van der Waals surface area contributed by atoms with E-state index in [0.717, 1.165) is 16.2 Å². The van der Waals surface area contributed by atoms with E-state index in [9.17, 15) is 22.8 Å². The van der Waals surface area contributed by atoms with Crippen molar-refractivity contribution in [1.29, 1.82) is 0 Å². The number of carbonyl (C=O) groups excluding carboxylic acids is 3. The quantitative estimate of drug-likeness (QED) is 0.669. The van der Waals surface area contributed by atoms with Crippen LogP contribution in [0.25, 0.3) is 0 Å². The second-order valence-corrected chi connectivity index (χ2v) is 10.6. The topological polar surface area (TPSA) is 107 Å². The lowest BCUT2D eigenvalue weighted by Gasteiger charge is -2.34. The zero-order valence-corrected chi connectivity index (χ0v) is 18.5. The number of carbonyl (C=O) groups is 3. The highest BCUT2D eigenvalue weighted by molar-refractivity contribution is 7.91. The zero-order chi connectivity index (χ0) is 22.2. The molecule has 2 fully saturated rings. The minimum absolute atomic E-state index is 0.161. The number of urea groups is 1. The van der Waals surface area contributed by atoms with Crippen molar-refractivity contribution in [3.05, 3.63) is 53.4 Å². The van der Waals surface area contributed by atoms with E-state index in [1.54, 1.807) is 48.7 Å². The monoisotopic (exact) mass is 462 g/mol. The maximum atomic E-state index is 13.0. The maximum Gasteiger partial charge on any atom is 0.325 e. The van der Waals surface area contributed by atoms with Crippen molar-refractivity contribution in [2.75, 3.05) is 32.7 Å². The van der Waals surface area contributed by atoms with Gasteiger partial charge in [0, 0.05) is 26.2 Å². The molecule has 1 atom stereocenters. The van der Waals surface area contributed by atoms with Crippen LogP contribution in [0, 0.1) is 0 Å². The van der Waals surface area contributed by atoms with Crippen LogP contribution >= 0.6 is 11.3 Å². The molecule has 1 N–H and O–H groups in total. The van der Waals surface area contributed by atoms with Gasteiger partial charge in [0.25, 0.3) is 15.9 Å². The van der Waals surface area contributed by atoms with Gasteiger partial charge in [0.1, 0.15) is 16.3 Å². The van der Waals surface area contributed by atoms with Crippen LogP contribution in [0.4, 0.5) is 4.79 Å². The van der Waals surface area contributed by atoms with E-state index in [1.807, 2.05) is 6.07 Å². The third-order valence-electron chi connectivity index (χ3n) is 5.60. The Bertz CT molecular complexity index is 1100. The fourth-order valence-electron chi connectivity index (χ4n) is 3.76. The Labute approximate surface area is 184 Å². The number of thiophene rings is 1. The molecular weight excluding hydrogens is 440 g/mol. The molecule has 2 aromatic rings. The van der Waals surface area contributed by atoms with Crippen LogP contribution < -0.4 is 5.32 Å². The largest absolute Gasteiger partial charge is 0.338 e. The Kier molecular flexibility index (Phi) is 5.58. The summed E-state index contributed by atoms with van der Waals surface area (Å²) >= 11 is 1.15. The van der Waals surface area contributed by atoms with E-state index >= 15 is 0 Å². The molecule has 1 aromatic carbocycles. The second kappa shape index (κ2) is 8.06. The van der Waals surface area contributed by atoms with Gasteiger partial charge in [-0.15, -0.1) is 11.3 Å². The molecule has 0 bridgehead atoms. The lowest BCUT2D eigenvalue weighted by molar-refractivity contribution is -0.139. The van der Waals surface area contributed by atoms with Crippen molar-refractivity contribution >= 4 is 39.2 Å². The standard InChI is InChI=1S/C20H22N4O5S2/c1-20(15-6-3-2-4-7-15)18(26)24(19(27)21-20)14-16(25)22-9-11-23(12-10-22)31(28,29)17-8-5-13-30-17/h2-8,13H,9-12,14H2,1H3,(H,21,27)/t20-/m1/s1. The van der Waals surface area contributed by atoms with Crippen LogP contribution in [0.15, 0.2) is 52.1 Å². The first-order valence-corrected chi connectivity index (χ1v) is 12.1. The van der Waals surface area contributed by atoms with Crippen LogP contribution in [0.5, 0.6) is 0 Å². The lowest BCUT2D eigenvalue weighted by Crippen LogP contribution is -2.53. The third kappa shape index (κ3) is 3.84. The van der Waals surface area contributed by atoms with E-state index in [0.29, 0.717) is 5.56 Å². The molecule has 11 heteroatoms. The van der Waals surface area contributed by atoms with Gasteiger partial charge in [-0.25, -0.2) is 13.2 Å². The van der Waals surface area contributed by atoms with Gasteiger partial charge >= 0.3 is 6.03 Å². The van der Waals surface area contributed by atoms with Crippen LogP contribution in [0.2, 0.25) is 0 Å². The number of hydrogen-bond donors (Lipinski definition) is 1. The summed E-state index contributed by atoms with van der Waals surface area (Å²) in [5.74, 6) is -0.884. The van der Waals surface area contributed by atoms with Gasteiger partial charge in [0.15, 0.2) is 0 Å². The number of nitrogens with zero attached hydrogens (tertiary/aromatic N) is 3. The van der Waals surface area contributed by atoms with E-state index in [-0.39, 0.29) is 36.9 Å². The number of benzene rings is 1. The third-order valence-corrected chi connectivity index (χ3v) is 8.87. The van der Waals surface area contributed by atoms with Crippen molar-refractivity contribution in [2.45, 2.75) is 16.7 Å². The molecule has 9 nitrogen and oxygen atoms in total. The first kappa shape index (κ1) is 21.5.